The number of carbonyl (C=O) groups excluding carboxylic acids is 1. The average molecular weight is 354 g/mol. The van der Waals surface area contributed by atoms with E-state index in [0.29, 0.717) is 6.61 Å². The van der Waals surface area contributed by atoms with Gasteiger partial charge in [0, 0.05) is 37.9 Å². The van der Waals surface area contributed by atoms with E-state index >= 15 is 0 Å². The largest absolute Gasteiger partial charge is 0.368 e. The van der Waals surface area contributed by atoms with Gasteiger partial charge in [-0.25, -0.2) is 4.98 Å². The molecule has 0 aliphatic carbocycles. The summed E-state index contributed by atoms with van der Waals surface area (Å²) < 4.78 is 7.50. The van der Waals surface area contributed by atoms with Gasteiger partial charge in [-0.3, -0.25) is 4.79 Å². The van der Waals surface area contributed by atoms with E-state index in [1.807, 2.05) is 60.3 Å². The van der Waals surface area contributed by atoms with Gasteiger partial charge in [0.05, 0.1) is 19.0 Å². The van der Waals surface area contributed by atoms with Gasteiger partial charge in [-0.05, 0) is 12.6 Å². The van der Waals surface area contributed by atoms with Gasteiger partial charge in [0.15, 0.2) is 0 Å². The number of hydrogen-bond donors (Lipinski definition) is 1. The summed E-state index contributed by atoms with van der Waals surface area (Å²) >= 11 is 0. The minimum Gasteiger partial charge on any atom is -0.368 e. The first kappa shape index (κ1) is 18.4. The number of nitrogens with zero attached hydrogens (tertiary/aromatic N) is 3. The van der Waals surface area contributed by atoms with Gasteiger partial charge in [-0.1, -0.05) is 42.5 Å². The summed E-state index contributed by atoms with van der Waals surface area (Å²) in [4.78, 5) is 18.7. The zero-order valence-corrected chi connectivity index (χ0v) is 15.3. The second kappa shape index (κ2) is 8.78. The minimum atomic E-state index is -0.0782. The van der Waals surface area contributed by atoms with Gasteiger partial charge in [0.2, 0.25) is 5.91 Å². The van der Waals surface area contributed by atoms with Crippen molar-refractivity contribution in [3.63, 3.8) is 0 Å². The maximum atomic E-state index is 12.2. The Bertz CT molecular complexity index is 741. The predicted molar refractivity (Wildman–Crippen MR) is 102 cm³/mol. The summed E-state index contributed by atoms with van der Waals surface area (Å²) in [6.07, 6.45) is 7.59. The Morgan fingerprint density at radius 2 is 2.12 bits per heavy atom. The van der Waals surface area contributed by atoms with Crippen molar-refractivity contribution in [1.82, 2.24) is 19.8 Å². The van der Waals surface area contributed by atoms with Gasteiger partial charge >= 0.3 is 0 Å². The van der Waals surface area contributed by atoms with Crippen molar-refractivity contribution in [1.29, 1.82) is 0 Å². The van der Waals surface area contributed by atoms with Crippen LogP contribution in [-0.4, -0.2) is 59.8 Å². The van der Waals surface area contributed by atoms with Crippen LogP contribution in [0.15, 0.2) is 48.9 Å². The molecular formula is C20H26N4O2. The summed E-state index contributed by atoms with van der Waals surface area (Å²) in [7, 11) is 4.06. The lowest BCUT2D eigenvalue weighted by molar-refractivity contribution is -0.126. The Morgan fingerprint density at radius 3 is 2.85 bits per heavy atom. The first-order valence-corrected chi connectivity index (χ1v) is 8.87. The zero-order valence-electron chi connectivity index (χ0n) is 15.3. The Kier molecular flexibility index (Phi) is 6.20. The van der Waals surface area contributed by atoms with E-state index in [4.69, 9.17) is 4.74 Å². The van der Waals surface area contributed by atoms with Crippen molar-refractivity contribution in [2.45, 2.75) is 12.0 Å². The highest BCUT2D eigenvalue weighted by Gasteiger charge is 2.34. The third kappa shape index (κ3) is 4.80. The Balaban J connectivity index is 1.45. The number of aromatic nitrogens is 2. The Morgan fingerprint density at radius 1 is 1.31 bits per heavy atom. The van der Waals surface area contributed by atoms with Crippen LogP contribution in [0, 0.1) is 0 Å². The lowest BCUT2D eigenvalue weighted by Crippen LogP contribution is -2.41. The molecule has 1 saturated heterocycles. The van der Waals surface area contributed by atoms with Crippen LogP contribution in [0.5, 0.6) is 0 Å². The third-order valence-electron chi connectivity index (χ3n) is 4.64. The molecule has 1 amide bonds. The molecule has 0 spiro atoms. The van der Waals surface area contributed by atoms with Crippen LogP contribution < -0.4 is 5.32 Å². The van der Waals surface area contributed by atoms with Gasteiger partial charge in [0.25, 0.3) is 0 Å². The van der Waals surface area contributed by atoms with Crippen LogP contribution in [0.1, 0.15) is 17.2 Å². The number of rotatable bonds is 7. The number of amides is 1. The fourth-order valence-electron chi connectivity index (χ4n) is 3.39. The number of likely N-dealkylation sites (tertiary alicyclic amines) is 1. The molecule has 2 atom stereocenters. The van der Waals surface area contributed by atoms with E-state index in [0.717, 1.165) is 24.3 Å². The summed E-state index contributed by atoms with van der Waals surface area (Å²) in [6, 6.07) is 10.1. The number of benzene rings is 1. The Labute approximate surface area is 154 Å². The van der Waals surface area contributed by atoms with Crippen LogP contribution in [0.4, 0.5) is 0 Å². The monoisotopic (exact) mass is 354 g/mol. The molecule has 1 fully saturated rings. The minimum absolute atomic E-state index is 0.0669. The number of aryl methyl sites for hydroxylation is 1. The third-order valence-corrected chi connectivity index (χ3v) is 4.64. The highest BCUT2D eigenvalue weighted by atomic mass is 16.5. The number of imidazole rings is 1. The van der Waals surface area contributed by atoms with Crippen LogP contribution in [0.3, 0.4) is 0 Å². The van der Waals surface area contributed by atoms with Crippen LogP contribution in [0.2, 0.25) is 0 Å². The molecule has 0 unspecified atom stereocenters. The van der Waals surface area contributed by atoms with Crippen molar-refractivity contribution >= 4 is 12.0 Å². The standard InChI is InChI=1S/C20H26N4O2/c1-23-12-17(19-11-21-15-24(19)2)18(13-23)22-20(25)14-26-10-6-9-16-7-4-3-5-8-16/h3-9,11,15,17-18H,10,12-14H2,1-2H3,(H,22,25)/b9-6+/t17-,18-/m1/s1. The number of likely N-dealkylation sites (N-methyl/N-ethyl adjacent to an activating group) is 1. The molecule has 138 valence electrons. The second-order valence-corrected chi connectivity index (χ2v) is 6.76. The summed E-state index contributed by atoms with van der Waals surface area (Å²) in [5.74, 6) is 0.167. The molecule has 6 nitrogen and oxygen atoms in total. The molecule has 2 heterocycles. The molecule has 26 heavy (non-hydrogen) atoms. The molecule has 1 aromatic carbocycles. The quantitative estimate of drug-likeness (QED) is 0.769. The molecule has 0 bridgehead atoms. The molecule has 1 aliphatic rings. The van der Waals surface area contributed by atoms with Crippen LogP contribution in [-0.2, 0) is 16.6 Å². The smallest absolute Gasteiger partial charge is 0.246 e. The molecule has 2 aromatic rings. The summed E-state index contributed by atoms with van der Waals surface area (Å²) in [5, 5.41) is 3.11. The van der Waals surface area contributed by atoms with Gasteiger partial charge in [-0.15, -0.1) is 0 Å². The molecular weight excluding hydrogens is 328 g/mol. The molecule has 0 saturated carbocycles. The summed E-state index contributed by atoms with van der Waals surface area (Å²) in [6.45, 7) is 2.22. The predicted octanol–water partition coefficient (Wildman–Crippen LogP) is 1.66. The Hall–Kier alpha value is -2.44. The topological polar surface area (TPSA) is 59.4 Å². The van der Waals surface area contributed by atoms with Crippen molar-refractivity contribution in [3.8, 4) is 0 Å². The van der Waals surface area contributed by atoms with Crippen molar-refractivity contribution in [2.75, 3.05) is 33.4 Å². The molecule has 3 rings (SSSR count). The fourth-order valence-corrected chi connectivity index (χ4v) is 3.39. The van der Waals surface area contributed by atoms with Crippen molar-refractivity contribution < 1.29 is 9.53 Å². The van der Waals surface area contributed by atoms with E-state index in [2.05, 4.69) is 22.2 Å². The van der Waals surface area contributed by atoms with Gasteiger partial charge < -0.3 is 19.5 Å². The van der Waals surface area contributed by atoms with E-state index in [-0.39, 0.29) is 24.5 Å². The molecule has 0 radical (unpaired) electrons. The van der Waals surface area contributed by atoms with Crippen LogP contribution in [0.25, 0.3) is 6.08 Å². The van der Waals surface area contributed by atoms with Crippen molar-refractivity contribution in [2.24, 2.45) is 7.05 Å². The van der Waals surface area contributed by atoms with Crippen LogP contribution >= 0.6 is 0 Å². The first-order chi connectivity index (χ1) is 12.6. The van der Waals surface area contributed by atoms with Gasteiger partial charge in [-0.2, -0.15) is 0 Å². The highest BCUT2D eigenvalue weighted by molar-refractivity contribution is 5.77. The SMILES string of the molecule is CN1C[C@@H](NC(=O)COC/C=C/c2ccccc2)[C@H](c2cncn2C)C1. The van der Waals surface area contributed by atoms with E-state index < -0.39 is 0 Å². The molecule has 1 aromatic heterocycles. The normalized spacial score (nSPS) is 20.7. The van der Waals surface area contributed by atoms with Gasteiger partial charge in [0.1, 0.15) is 6.61 Å². The van der Waals surface area contributed by atoms with E-state index in [1.54, 1.807) is 6.33 Å². The zero-order chi connectivity index (χ0) is 18.4. The molecule has 1 aliphatic heterocycles. The first-order valence-electron chi connectivity index (χ1n) is 8.87. The second-order valence-electron chi connectivity index (χ2n) is 6.76. The fraction of sp³-hybridized carbons (Fsp3) is 0.400. The van der Waals surface area contributed by atoms with E-state index in [1.165, 1.54) is 0 Å². The number of ether oxygens (including phenoxy) is 1. The average Bonchev–Trinajstić information content (AvgIpc) is 3.20. The molecule has 1 N–H and O–H groups in total. The maximum absolute atomic E-state index is 12.2. The maximum Gasteiger partial charge on any atom is 0.246 e. The lowest BCUT2D eigenvalue weighted by Gasteiger charge is -2.20. The molecule has 6 heteroatoms. The van der Waals surface area contributed by atoms with Crippen molar-refractivity contribution in [3.05, 3.63) is 60.2 Å². The van der Waals surface area contributed by atoms with E-state index in [9.17, 15) is 4.79 Å². The number of nitrogens with one attached hydrogen (secondary N) is 1. The lowest BCUT2D eigenvalue weighted by atomic mass is 10.00. The number of hydrogen-bond acceptors (Lipinski definition) is 4. The highest BCUT2D eigenvalue weighted by Crippen LogP contribution is 2.26. The summed E-state index contributed by atoms with van der Waals surface area (Å²) in [5.41, 5.74) is 2.26. The number of carbonyl (C=O) groups is 1.